The number of rotatable bonds is 15. The van der Waals surface area contributed by atoms with Gasteiger partial charge in [-0.05, 0) is 6.42 Å². The van der Waals surface area contributed by atoms with Gasteiger partial charge in [-0.15, -0.1) is 0 Å². The van der Waals surface area contributed by atoms with Gasteiger partial charge in [-0.1, -0.05) is 64.7 Å². The summed E-state index contributed by atoms with van der Waals surface area (Å²) >= 11 is 0. The first-order valence-electron chi connectivity index (χ1n) is 7.81. The van der Waals surface area contributed by atoms with E-state index in [0.29, 0.717) is 6.42 Å². The lowest BCUT2D eigenvalue weighted by Gasteiger charge is -2.04. The number of carbonyl (C=O) groups excluding carboxylic acids is 1. The van der Waals surface area contributed by atoms with Crippen LogP contribution in [0.15, 0.2) is 0 Å². The molecule has 0 aliphatic rings. The molecule has 1 radical (unpaired) electrons. The molecule has 0 fully saturated rings. The van der Waals surface area contributed by atoms with Crippen LogP contribution in [-0.2, 0) is 19.4 Å². The lowest BCUT2D eigenvalue weighted by Crippen LogP contribution is -2.15. The number of unbranched alkanes of at least 4 members (excludes halogenated alkanes) is 9. The first-order valence-corrected chi connectivity index (χ1v) is 9.64. The summed E-state index contributed by atoms with van der Waals surface area (Å²) in [4.78, 5) is 9.79. The van der Waals surface area contributed by atoms with Gasteiger partial charge in [-0.25, -0.2) is 13.2 Å². The maximum absolute atomic E-state index is 11.5. The fraction of sp³-hybridized carbons (Fsp3) is 0.933. The van der Waals surface area contributed by atoms with Crippen LogP contribution >= 0.6 is 0 Å². The molecular formula is C15H29O4S. The van der Waals surface area contributed by atoms with Gasteiger partial charge >= 0.3 is 6.47 Å². The van der Waals surface area contributed by atoms with E-state index in [-0.39, 0.29) is 18.1 Å². The van der Waals surface area contributed by atoms with Crippen LogP contribution < -0.4 is 0 Å². The highest BCUT2D eigenvalue weighted by Crippen LogP contribution is 2.11. The second-order valence-corrected chi connectivity index (χ2v) is 7.57. The van der Waals surface area contributed by atoms with Crippen molar-refractivity contribution in [2.24, 2.45) is 0 Å². The Balaban J connectivity index is 3.32. The van der Waals surface area contributed by atoms with Crippen molar-refractivity contribution in [3.8, 4) is 0 Å². The zero-order valence-corrected chi connectivity index (χ0v) is 13.6. The van der Waals surface area contributed by atoms with E-state index in [1.807, 2.05) is 0 Å². The summed E-state index contributed by atoms with van der Waals surface area (Å²) in [6, 6.07) is 0. The Hall–Kier alpha value is -0.580. The summed E-state index contributed by atoms with van der Waals surface area (Å²) in [6.45, 7) is 3.37. The molecule has 0 amide bonds. The molecule has 0 unspecified atom stereocenters. The number of hydrogen-bond donors (Lipinski definition) is 0. The van der Waals surface area contributed by atoms with Gasteiger partial charge in [-0.2, -0.15) is 0 Å². The number of sulfone groups is 1. The highest BCUT2D eigenvalue weighted by Gasteiger charge is 2.10. The molecule has 4 nitrogen and oxygen atoms in total. The first-order chi connectivity index (χ1) is 9.62. The molecule has 0 atom stereocenters. The molecule has 0 rings (SSSR count). The molecule has 0 N–H and O–H groups in total. The van der Waals surface area contributed by atoms with Crippen molar-refractivity contribution < 1.29 is 17.9 Å². The van der Waals surface area contributed by atoms with Crippen LogP contribution in [0, 0.1) is 0 Å². The normalized spacial score (nSPS) is 11.4. The third kappa shape index (κ3) is 13.8. The summed E-state index contributed by atoms with van der Waals surface area (Å²) in [5, 5.41) is 0. The van der Waals surface area contributed by atoms with E-state index in [2.05, 4.69) is 11.7 Å². The second kappa shape index (κ2) is 13.4. The third-order valence-electron chi connectivity index (χ3n) is 3.36. The molecule has 20 heavy (non-hydrogen) atoms. The Kier molecular flexibility index (Phi) is 13.0. The monoisotopic (exact) mass is 305 g/mol. The molecular weight excluding hydrogens is 276 g/mol. The van der Waals surface area contributed by atoms with E-state index < -0.39 is 9.84 Å². The summed E-state index contributed by atoms with van der Waals surface area (Å²) in [7, 11) is -3.07. The molecule has 0 aromatic heterocycles. The Morgan fingerprint density at radius 2 is 1.30 bits per heavy atom. The minimum atomic E-state index is -3.07. The molecule has 119 valence electrons. The largest absolute Gasteiger partial charge is 0.456 e. The summed E-state index contributed by atoms with van der Waals surface area (Å²) in [5.74, 6) is 0.116. The molecule has 0 saturated carbocycles. The Morgan fingerprint density at radius 3 is 1.80 bits per heavy atom. The third-order valence-corrected chi connectivity index (χ3v) is 5.06. The molecule has 0 aromatic rings. The standard InChI is InChI=1S/C15H29O4S/c1-2-3-4-5-6-7-8-9-10-11-13-20(17,18)14-12-19-15-16/h2-14H2,1H3. The van der Waals surface area contributed by atoms with E-state index >= 15 is 0 Å². The van der Waals surface area contributed by atoms with E-state index in [9.17, 15) is 13.2 Å². The highest BCUT2D eigenvalue weighted by atomic mass is 32.2. The lowest BCUT2D eigenvalue weighted by atomic mass is 10.1. The average molecular weight is 305 g/mol. The van der Waals surface area contributed by atoms with Crippen LogP contribution in [0.5, 0.6) is 0 Å². The number of ether oxygens (including phenoxy) is 1. The molecule has 0 spiro atoms. The van der Waals surface area contributed by atoms with Crippen LogP contribution in [0.4, 0.5) is 0 Å². The highest BCUT2D eigenvalue weighted by molar-refractivity contribution is 7.91. The minimum absolute atomic E-state index is 0.0798. The van der Waals surface area contributed by atoms with Crippen LogP contribution in [-0.4, -0.2) is 33.0 Å². The van der Waals surface area contributed by atoms with Gasteiger partial charge in [0.15, 0.2) is 9.84 Å². The quantitative estimate of drug-likeness (QED) is 0.435. The van der Waals surface area contributed by atoms with Gasteiger partial charge in [0.25, 0.3) is 0 Å². The van der Waals surface area contributed by atoms with Crippen molar-refractivity contribution in [3.63, 3.8) is 0 Å². The molecule has 0 bridgehead atoms. The van der Waals surface area contributed by atoms with Crippen LogP contribution in [0.2, 0.25) is 0 Å². The van der Waals surface area contributed by atoms with E-state index in [1.54, 1.807) is 0 Å². The fourth-order valence-electron chi connectivity index (χ4n) is 2.12. The zero-order chi connectivity index (χ0) is 15.1. The van der Waals surface area contributed by atoms with Crippen molar-refractivity contribution in [3.05, 3.63) is 0 Å². The van der Waals surface area contributed by atoms with Gasteiger partial charge in [0, 0.05) is 0 Å². The molecule has 0 saturated heterocycles. The van der Waals surface area contributed by atoms with E-state index in [4.69, 9.17) is 0 Å². The molecule has 5 heteroatoms. The van der Waals surface area contributed by atoms with Crippen LogP contribution in [0.1, 0.15) is 71.1 Å². The molecule has 0 heterocycles. The minimum Gasteiger partial charge on any atom is -0.456 e. The smallest absolute Gasteiger partial charge is 0.417 e. The second-order valence-electron chi connectivity index (χ2n) is 5.27. The topological polar surface area (TPSA) is 60.4 Å². The zero-order valence-electron chi connectivity index (χ0n) is 12.7. The van der Waals surface area contributed by atoms with Crippen molar-refractivity contribution in [1.82, 2.24) is 0 Å². The van der Waals surface area contributed by atoms with Crippen LogP contribution in [0.3, 0.4) is 0 Å². The SMILES string of the molecule is CCCCCCCCCCCCS(=O)(=O)CCO[C]=O. The summed E-state index contributed by atoms with van der Waals surface area (Å²) in [5.41, 5.74) is 0. The van der Waals surface area contributed by atoms with Crippen LogP contribution in [0.25, 0.3) is 0 Å². The predicted octanol–water partition coefficient (Wildman–Crippen LogP) is 3.41. The predicted molar refractivity (Wildman–Crippen MR) is 82.1 cm³/mol. The van der Waals surface area contributed by atoms with Gasteiger partial charge in [-0.3, -0.25) is 0 Å². The van der Waals surface area contributed by atoms with Crippen molar-refractivity contribution >= 4 is 16.3 Å². The first kappa shape index (κ1) is 19.4. The fourth-order valence-corrected chi connectivity index (χ4v) is 3.31. The molecule has 0 aliphatic carbocycles. The van der Waals surface area contributed by atoms with Gasteiger partial charge < -0.3 is 4.74 Å². The average Bonchev–Trinajstić information content (AvgIpc) is 2.41. The Labute approximate surface area is 124 Å². The Morgan fingerprint density at radius 1 is 0.800 bits per heavy atom. The van der Waals surface area contributed by atoms with E-state index in [0.717, 1.165) is 12.8 Å². The number of hydrogen-bond acceptors (Lipinski definition) is 4. The van der Waals surface area contributed by atoms with Gasteiger partial charge in [0.05, 0.1) is 11.5 Å². The molecule has 0 aromatic carbocycles. The van der Waals surface area contributed by atoms with Crippen molar-refractivity contribution in [2.45, 2.75) is 71.1 Å². The van der Waals surface area contributed by atoms with Crippen molar-refractivity contribution in [2.75, 3.05) is 18.1 Å². The van der Waals surface area contributed by atoms with Crippen molar-refractivity contribution in [1.29, 1.82) is 0 Å². The maximum atomic E-state index is 11.5. The Bertz CT molecular complexity index is 312. The lowest BCUT2D eigenvalue weighted by molar-refractivity contribution is 0.297. The summed E-state index contributed by atoms with van der Waals surface area (Å²) in [6.07, 6.45) is 11.9. The van der Waals surface area contributed by atoms with Gasteiger partial charge in [0.1, 0.15) is 6.61 Å². The summed E-state index contributed by atoms with van der Waals surface area (Å²) < 4.78 is 27.3. The van der Waals surface area contributed by atoms with E-state index in [1.165, 1.54) is 51.4 Å². The molecule has 0 aliphatic heterocycles. The van der Waals surface area contributed by atoms with Gasteiger partial charge in [0.2, 0.25) is 0 Å². The maximum Gasteiger partial charge on any atom is 0.417 e.